The molecule has 3 saturated heterocycles. The van der Waals surface area contributed by atoms with Crippen LogP contribution in [0, 0.1) is 5.92 Å². The van der Waals surface area contributed by atoms with E-state index >= 15 is 0 Å². The summed E-state index contributed by atoms with van der Waals surface area (Å²) in [5.41, 5.74) is 1.83. The Balaban J connectivity index is 1.99. The average Bonchev–Trinajstić information content (AvgIpc) is 2.83. The Morgan fingerprint density at radius 3 is 2.88 bits per heavy atom. The third-order valence-electron chi connectivity index (χ3n) is 3.41. The van der Waals surface area contributed by atoms with Gasteiger partial charge in [-0.05, 0) is 25.0 Å². The predicted molar refractivity (Wildman–Crippen MR) is 60.2 cm³/mol. The van der Waals surface area contributed by atoms with Gasteiger partial charge in [0.2, 0.25) is 0 Å². The SMILES string of the molecule is O/N=C1\C(=C\c2ccco2)N2CCC1CC2. The molecule has 0 aliphatic carbocycles. The summed E-state index contributed by atoms with van der Waals surface area (Å²) in [7, 11) is 0. The van der Waals surface area contributed by atoms with E-state index < -0.39 is 0 Å². The Labute approximate surface area is 93.8 Å². The van der Waals surface area contributed by atoms with Crippen molar-refractivity contribution in [3.8, 4) is 0 Å². The van der Waals surface area contributed by atoms with Crippen molar-refractivity contribution in [3.63, 3.8) is 0 Å². The fourth-order valence-corrected chi connectivity index (χ4v) is 2.57. The summed E-state index contributed by atoms with van der Waals surface area (Å²) in [6.45, 7) is 2.10. The van der Waals surface area contributed by atoms with Gasteiger partial charge in [-0.1, -0.05) is 5.16 Å². The molecule has 4 heteroatoms. The molecule has 2 bridgehead atoms. The summed E-state index contributed by atoms with van der Waals surface area (Å²) in [6.07, 6.45) is 5.79. The highest BCUT2D eigenvalue weighted by Gasteiger charge is 2.35. The number of rotatable bonds is 1. The number of allylic oxidation sites excluding steroid dienone is 1. The molecule has 4 rings (SSSR count). The van der Waals surface area contributed by atoms with Gasteiger partial charge in [-0.2, -0.15) is 0 Å². The molecule has 0 unspecified atom stereocenters. The first-order valence-corrected chi connectivity index (χ1v) is 5.61. The van der Waals surface area contributed by atoms with Crippen molar-refractivity contribution in [3.05, 3.63) is 29.9 Å². The summed E-state index contributed by atoms with van der Waals surface area (Å²) < 4.78 is 5.30. The first-order valence-electron chi connectivity index (χ1n) is 5.61. The highest BCUT2D eigenvalue weighted by Crippen LogP contribution is 2.33. The molecule has 0 spiro atoms. The number of furan rings is 1. The quantitative estimate of drug-likeness (QED) is 0.580. The van der Waals surface area contributed by atoms with Crippen LogP contribution in [0.2, 0.25) is 0 Å². The molecule has 3 fully saturated rings. The summed E-state index contributed by atoms with van der Waals surface area (Å²) in [5, 5.41) is 12.6. The molecule has 0 aromatic carbocycles. The number of nitrogens with zero attached hydrogens (tertiary/aromatic N) is 2. The van der Waals surface area contributed by atoms with Crippen LogP contribution in [0.4, 0.5) is 0 Å². The zero-order valence-electron chi connectivity index (χ0n) is 8.97. The number of piperidine rings is 3. The van der Waals surface area contributed by atoms with E-state index in [0.717, 1.165) is 43.1 Å². The van der Waals surface area contributed by atoms with Gasteiger partial charge in [0.05, 0.1) is 12.0 Å². The lowest BCUT2D eigenvalue weighted by atomic mass is 9.84. The van der Waals surface area contributed by atoms with Crippen molar-refractivity contribution in [1.29, 1.82) is 0 Å². The van der Waals surface area contributed by atoms with Crippen molar-refractivity contribution in [1.82, 2.24) is 4.90 Å². The highest BCUT2D eigenvalue weighted by atomic mass is 16.4. The van der Waals surface area contributed by atoms with Gasteiger partial charge in [0, 0.05) is 25.1 Å². The predicted octanol–water partition coefficient (Wildman–Crippen LogP) is 2.18. The van der Waals surface area contributed by atoms with Gasteiger partial charge >= 0.3 is 0 Å². The van der Waals surface area contributed by atoms with Crippen LogP contribution in [-0.4, -0.2) is 28.9 Å². The Morgan fingerprint density at radius 2 is 2.25 bits per heavy atom. The lowest BCUT2D eigenvalue weighted by Gasteiger charge is -2.42. The van der Waals surface area contributed by atoms with E-state index in [9.17, 15) is 0 Å². The molecular formula is C12H14N2O2. The summed E-state index contributed by atoms with van der Waals surface area (Å²) >= 11 is 0. The van der Waals surface area contributed by atoms with E-state index in [0.29, 0.717) is 5.92 Å². The van der Waals surface area contributed by atoms with Gasteiger partial charge in [-0.25, -0.2) is 0 Å². The van der Waals surface area contributed by atoms with Crippen molar-refractivity contribution >= 4 is 11.8 Å². The van der Waals surface area contributed by atoms with Crippen LogP contribution < -0.4 is 0 Å². The van der Waals surface area contributed by atoms with Gasteiger partial charge < -0.3 is 14.5 Å². The van der Waals surface area contributed by atoms with Crippen LogP contribution in [0.1, 0.15) is 18.6 Å². The Bertz CT molecular complexity index is 426. The molecule has 3 aliphatic rings. The Hall–Kier alpha value is -1.71. The second kappa shape index (κ2) is 3.70. The van der Waals surface area contributed by atoms with Crippen molar-refractivity contribution in [2.45, 2.75) is 12.8 Å². The van der Waals surface area contributed by atoms with Crippen LogP contribution in [0.3, 0.4) is 0 Å². The standard InChI is InChI=1S/C12H14N2O2/c15-13-12-9-3-5-14(6-4-9)11(12)8-10-2-1-7-16-10/h1-2,7-9,15H,3-6H2/b11-8-,13-12-. The molecule has 0 saturated carbocycles. The smallest absolute Gasteiger partial charge is 0.128 e. The van der Waals surface area contributed by atoms with Crippen molar-refractivity contribution < 1.29 is 9.62 Å². The highest BCUT2D eigenvalue weighted by molar-refractivity contribution is 6.05. The molecule has 1 aromatic heterocycles. The fourth-order valence-electron chi connectivity index (χ4n) is 2.57. The van der Waals surface area contributed by atoms with E-state index in [1.165, 1.54) is 0 Å². The molecule has 4 nitrogen and oxygen atoms in total. The van der Waals surface area contributed by atoms with E-state index in [2.05, 4.69) is 10.1 Å². The van der Waals surface area contributed by atoms with E-state index in [4.69, 9.17) is 9.62 Å². The maximum absolute atomic E-state index is 9.10. The van der Waals surface area contributed by atoms with Crippen LogP contribution in [0.15, 0.2) is 33.7 Å². The third kappa shape index (κ3) is 1.41. The Kier molecular flexibility index (Phi) is 2.20. The number of fused-ring (bicyclic) bond motifs is 3. The van der Waals surface area contributed by atoms with E-state index in [1.54, 1.807) is 6.26 Å². The topological polar surface area (TPSA) is 49.0 Å². The van der Waals surface area contributed by atoms with Gasteiger partial charge in [0.15, 0.2) is 0 Å². The van der Waals surface area contributed by atoms with Crippen LogP contribution >= 0.6 is 0 Å². The second-order valence-electron chi connectivity index (χ2n) is 4.29. The molecular weight excluding hydrogens is 204 g/mol. The molecule has 1 N–H and O–H groups in total. The van der Waals surface area contributed by atoms with Crippen molar-refractivity contribution in [2.24, 2.45) is 11.1 Å². The monoisotopic (exact) mass is 218 g/mol. The minimum Gasteiger partial charge on any atom is -0.465 e. The zero-order chi connectivity index (χ0) is 11.0. The lowest BCUT2D eigenvalue weighted by Crippen LogP contribution is -2.46. The molecule has 0 radical (unpaired) electrons. The normalized spacial score (nSPS) is 25.9. The van der Waals surface area contributed by atoms with E-state index in [-0.39, 0.29) is 0 Å². The van der Waals surface area contributed by atoms with Crippen LogP contribution in [-0.2, 0) is 0 Å². The first-order chi connectivity index (χ1) is 7.88. The third-order valence-corrected chi connectivity index (χ3v) is 3.41. The fraction of sp³-hybridized carbons (Fsp3) is 0.417. The van der Waals surface area contributed by atoms with Gasteiger partial charge in [0.25, 0.3) is 0 Å². The Morgan fingerprint density at radius 1 is 1.44 bits per heavy atom. The summed E-state index contributed by atoms with van der Waals surface area (Å²) in [6, 6.07) is 3.77. The number of hydrogen-bond acceptors (Lipinski definition) is 4. The molecule has 0 atom stereocenters. The van der Waals surface area contributed by atoms with Gasteiger partial charge in [-0.15, -0.1) is 0 Å². The zero-order valence-corrected chi connectivity index (χ0v) is 8.97. The second-order valence-corrected chi connectivity index (χ2v) is 4.29. The van der Waals surface area contributed by atoms with Crippen LogP contribution in [0.5, 0.6) is 0 Å². The van der Waals surface area contributed by atoms with E-state index in [1.807, 2.05) is 18.2 Å². The van der Waals surface area contributed by atoms with Crippen LogP contribution in [0.25, 0.3) is 6.08 Å². The number of oxime groups is 1. The lowest BCUT2D eigenvalue weighted by molar-refractivity contribution is 0.229. The average molecular weight is 218 g/mol. The van der Waals surface area contributed by atoms with Crippen molar-refractivity contribution in [2.75, 3.05) is 13.1 Å². The summed E-state index contributed by atoms with van der Waals surface area (Å²) in [4.78, 5) is 2.26. The minimum absolute atomic E-state index is 0.413. The summed E-state index contributed by atoms with van der Waals surface area (Å²) in [5.74, 6) is 1.22. The molecule has 84 valence electrons. The van der Waals surface area contributed by atoms with Gasteiger partial charge in [-0.3, -0.25) is 0 Å². The number of hydrogen-bond donors (Lipinski definition) is 1. The molecule has 3 aliphatic heterocycles. The molecule has 16 heavy (non-hydrogen) atoms. The molecule has 1 aromatic rings. The van der Waals surface area contributed by atoms with Gasteiger partial charge in [0.1, 0.15) is 11.5 Å². The maximum Gasteiger partial charge on any atom is 0.128 e. The molecule has 4 heterocycles. The minimum atomic E-state index is 0.413. The first kappa shape index (κ1) is 9.51. The molecule has 0 amide bonds. The largest absolute Gasteiger partial charge is 0.465 e. The maximum atomic E-state index is 9.10.